The quantitative estimate of drug-likeness (QED) is 0.917. The van der Waals surface area contributed by atoms with E-state index in [0.29, 0.717) is 11.6 Å². The average Bonchev–Trinajstić information content (AvgIpc) is 2.44. The SMILES string of the molecule is CN1CCCC(N(C)C(CN)c2cccc(F)c2F)C1. The minimum Gasteiger partial charge on any atom is -0.329 e. The highest BCUT2D eigenvalue weighted by atomic mass is 19.2. The van der Waals surface area contributed by atoms with Crippen molar-refractivity contribution in [2.45, 2.75) is 24.9 Å². The number of rotatable bonds is 4. The molecule has 0 radical (unpaired) electrons. The normalized spacial score (nSPS) is 22.2. The van der Waals surface area contributed by atoms with Crippen molar-refractivity contribution in [3.63, 3.8) is 0 Å². The van der Waals surface area contributed by atoms with Gasteiger partial charge in [-0.15, -0.1) is 0 Å². The monoisotopic (exact) mass is 283 g/mol. The maximum atomic E-state index is 14.0. The minimum absolute atomic E-state index is 0.275. The summed E-state index contributed by atoms with van der Waals surface area (Å²) in [4.78, 5) is 4.35. The van der Waals surface area contributed by atoms with Crippen LogP contribution in [-0.2, 0) is 0 Å². The summed E-state index contributed by atoms with van der Waals surface area (Å²) in [6.07, 6.45) is 2.18. The van der Waals surface area contributed by atoms with Gasteiger partial charge in [-0.25, -0.2) is 8.78 Å². The van der Waals surface area contributed by atoms with E-state index >= 15 is 0 Å². The number of likely N-dealkylation sites (tertiary alicyclic amines) is 1. The molecule has 1 aromatic carbocycles. The van der Waals surface area contributed by atoms with E-state index in [0.717, 1.165) is 32.0 Å². The number of piperidine rings is 1. The first-order valence-corrected chi connectivity index (χ1v) is 7.09. The molecule has 0 aromatic heterocycles. The molecule has 0 bridgehead atoms. The molecule has 3 nitrogen and oxygen atoms in total. The second-order valence-corrected chi connectivity index (χ2v) is 5.62. The van der Waals surface area contributed by atoms with Gasteiger partial charge in [-0.05, 0) is 39.5 Å². The number of nitrogens with two attached hydrogens (primary N) is 1. The summed E-state index contributed by atoms with van der Waals surface area (Å²) < 4.78 is 27.4. The van der Waals surface area contributed by atoms with Gasteiger partial charge in [0.05, 0.1) is 6.04 Å². The van der Waals surface area contributed by atoms with Crippen LogP contribution in [0.3, 0.4) is 0 Å². The van der Waals surface area contributed by atoms with Crippen molar-refractivity contribution >= 4 is 0 Å². The van der Waals surface area contributed by atoms with Crippen molar-refractivity contribution in [2.75, 3.05) is 33.7 Å². The van der Waals surface area contributed by atoms with Gasteiger partial charge in [0, 0.05) is 24.7 Å². The van der Waals surface area contributed by atoms with Crippen LogP contribution in [0.2, 0.25) is 0 Å². The summed E-state index contributed by atoms with van der Waals surface area (Å²) in [5, 5.41) is 0. The van der Waals surface area contributed by atoms with E-state index in [1.165, 1.54) is 6.07 Å². The van der Waals surface area contributed by atoms with Crippen LogP contribution in [0.1, 0.15) is 24.4 Å². The third kappa shape index (κ3) is 3.16. The molecule has 2 unspecified atom stereocenters. The first-order valence-electron chi connectivity index (χ1n) is 7.09. The first kappa shape index (κ1) is 15.4. The number of likely N-dealkylation sites (N-methyl/N-ethyl adjacent to an activating group) is 2. The van der Waals surface area contributed by atoms with E-state index in [9.17, 15) is 8.78 Å². The Kier molecular flexibility index (Phi) is 5.07. The Morgan fingerprint density at radius 2 is 2.20 bits per heavy atom. The fraction of sp³-hybridized carbons (Fsp3) is 0.600. The molecule has 1 saturated heterocycles. The summed E-state index contributed by atoms with van der Waals surface area (Å²) in [5.74, 6) is -1.59. The zero-order valence-electron chi connectivity index (χ0n) is 12.1. The molecule has 2 atom stereocenters. The predicted octanol–water partition coefficient (Wildman–Crippen LogP) is 1.99. The van der Waals surface area contributed by atoms with Crippen LogP contribution >= 0.6 is 0 Å². The predicted molar refractivity (Wildman–Crippen MR) is 76.4 cm³/mol. The Hall–Kier alpha value is -1.04. The Morgan fingerprint density at radius 1 is 1.45 bits per heavy atom. The molecule has 5 heteroatoms. The van der Waals surface area contributed by atoms with Crippen LogP contribution in [0, 0.1) is 11.6 Å². The highest BCUT2D eigenvalue weighted by Crippen LogP contribution is 2.27. The van der Waals surface area contributed by atoms with E-state index in [2.05, 4.69) is 16.8 Å². The van der Waals surface area contributed by atoms with Crippen molar-refractivity contribution in [3.05, 3.63) is 35.4 Å². The molecule has 0 amide bonds. The third-order valence-electron chi connectivity index (χ3n) is 4.23. The second-order valence-electron chi connectivity index (χ2n) is 5.62. The zero-order chi connectivity index (χ0) is 14.7. The maximum Gasteiger partial charge on any atom is 0.163 e. The Bertz CT molecular complexity index is 453. The fourth-order valence-electron chi connectivity index (χ4n) is 3.02. The van der Waals surface area contributed by atoms with Gasteiger partial charge in [0.15, 0.2) is 11.6 Å². The largest absolute Gasteiger partial charge is 0.329 e. The van der Waals surface area contributed by atoms with Gasteiger partial charge in [-0.3, -0.25) is 4.90 Å². The molecule has 2 N–H and O–H groups in total. The van der Waals surface area contributed by atoms with Crippen LogP contribution < -0.4 is 5.73 Å². The van der Waals surface area contributed by atoms with Gasteiger partial charge < -0.3 is 10.6 Å². The molecule has 1 heterocycles. The van der Waals surface area contributed by atoms with Crippen LogP contribution in [0.5, 0.6) is 0 Å². The van der Waals surface area contributed by atoms with Gasteiger partial charge in [0.2, 0.25) is 0 Å². The van der Waals surface area contributed by atoms with Gasteiger partial charge in [-0.2, -0.15) is 0 Å². The minimum atomic E-state index is -0.810. The molecule has 1 fully saturated rings. The summed E-state index contributed by atoms with van der Waals surface area (Å²) in [5.41, 5.74) is 6.17. The van der Waals surface area contributed by atoms with Gasteiger partial charge >= 0.3 is 0 Å². The van der Waals surface area contributed by atoms with E-state index < -0.39 is 11.6 Å². The lowest BCUT2D eigenvalue weighted by Gasteiger charge is -2.40. The van der Waals surface area contributed by atoms with Crippen molar-refractivity contribution in [2.24, 2.45) is 5.73 Å². The molecule has 0 saturated carbocycles. The molecule has 0 aliphatic carbocycles. The van der Waals surface area contributed by atoms with E-state index in [4.69, 9.17) is 5.73 Å². The molecule has 20 heavy (non-hydrogen) atoms. The summed E-state index contributed by atoms with van der Waals surface area (Å²) in [6, 6.07) is 4.34. The van der Waals surface area contributed by atoms with Crippen molar-refractivity contribution in [3.8, 4) is 0 Å². The molecular weight excluding hydrogens is 260 g/mol. The average molecular weight is 283 g/mol. The summed E-state index contributed by atoms with van der Waals surface area (Å²) in [7, 11) is 4.03. The highest BCUT2D eigenvalue weighted by molar-refractivity contribution is 5.23. The van der Waals surface area contributed by atoms with Crippen molar-refractivity contribution in [1.29, 1.82) is 0 Å². The second kappa shape index (κ2) is 6.61. The smallest absolute Gasteiger partial charge is 0.163 e. The zero-order valence-corrected chi connectivity index (χ0v) is 12.1. The first-order chi connectivity index (χ1) is 9.54. The molecule has 1 aromatic rings. The van der Waals surface area contributed by atoms with Crippen LogP contribution in [0.25, 0.3) is 0 Å². The lowest BCUT2D eigenvalue weighted by Crippen LogP contribution is -2.47. The molecule has 1 aliphatic heterocycles. The number of benzene rings is 1. The van der Waals surface area contributed by atoms with Crippen LogP contribution in [-0.4, -0.2) is 49.6 Å². The molecule has 0 spiro atoms. The van der Waals surface area contributed by atoms with E-state index in [-0.39, 0.29) is 12.6 Å². The standard InChI is InChI=1S/C15H23F2N3/c1-19-8-4-5-11(10-19)20(2)14(9-18)12-6-3-7-13(16)15(12)17/h3,6-7,11,14H,4-5,8-10,18H2,1-2H3. The Balaban J connectivity index is 2.20. The van der Waals surface area contributed by atoms with Gasteiger partial charge in [0.1, 0.15) is 0 Å². The van der Waals surface area contributed by atoms with Crippen LogP contribution in [0.4, 0.5) is 8.78 Å². The lowest BCUT2D eigenvalue weighted by molar-refractivity contribution is 0.0993. The number of halogens is 2. The van der Waals surface area contributed by atoms with Crippen molar-refractivity contribution in [1.82, 2.24) is 9.80 Å². The lowest BCUT2D eigenvalue weighted by atomic mass is 9.99. The Morgan fingerprint density at radius 3 is 2.85 bits per heavy atom. The number of nitrogens with zero attached hydrogens (tertiary/aromatic N) is 2. The van der Waals surface area contributed by atoms with Gasteiger partial charge in [-0.1, -0.05) is 12.1 Å². The number of hydrogen-bond acceptors (Lipinski definition) is 3. The van der Waals surface area contributed by atoms with E-state index in [1.807, 2.05) is 7.05 Å². The third-order valence-corrected chi connectivity index (χ3v) is 4.23. The Labute approximate surface area is 119 Å². The summed E-state index contributed by atoms with van der Waals surface area (Å²) in [6.45, 7) is 2.30. The van der Waals surface area contributed by atoms with Crippen molar-refractivity contribution < 1.29 is 8.78 Å². The molecular formula is C15H23F2N3. The fourth-order valence-corrected chi connectivity index (χ4v) is 3.02. The number of hydrogen-bond donors (Lipinski definition) is 1. The highest BCUT2D eigenvalue weighted by Gasteiger charge is 2.28. The van der Waals surface area contributed by atoms with Gasteiger partial charge in [0.25, 0.3) is 0 Å². The topological polar surface area (TPSA) is 32.5 Å². The molecule has 1 aliphatic rings. The maximum absolute atomic E-state index is 14.0. The van der Waals surface area contributed by atoms with Crippen LogP contribution in [0.15, 0.2) is 18.2 Å². The molecule has 2 rings (SSSR count). The molecule has 112 valence electrons. The van der Waals surface area contributed by atoms with E-state index in [1.54, 1.807) is 6.07 Å². The summed E-state index contributed by atoms with van der Waals surface area (Å²) >= 11 is 0.